The van der Waals surface area contributed by atoms with Gasteiger partial charge in [-0.2, -0.15) is 0 Å². The van der Waals surface area contributed by atoms with Crippen molar-refractivity contribution in [2.24, 2.45) is 0 Å². The summed E-state index contributed by atoms with van der Waals surface area (Å²) in [5.74, 6) is 0.469. The Kier molecular flexibility index (Phi) is 4.99. The first-order valence-electron chi connectivity index (χ1n) is 6.66. The smallest absolute Gasteiger partial charge is 0.238 e. The van der Waals surface area contributed by atoms with Crippen LogP contribution in [0, 0.1) is 0 Å². The number of nitrogens with zero attached hydrogens (tertiary/aromatic N) is 1. The number of hydrogen-bond acceptors (Lipinski definition) is 5. The molecule has 7 heteroatoms. The topological polar surface area (TPSA) is 79.6 Å². The highest BCUT2D eigenvalue weighted by atomic mass is 32.2. The molecule has 0 bridgehead atoms. The minimum absolute atomic E-state index is 0.108. The molecule has 0 saturated carbocycles. The molecular weight excluding hydrogens is 304 g/mol. The standard InChI is InChI=1S/C15H18N2O4S/c1-17(10-12-6-5-9-21-12)11-15(18)16-13-7-3-4-8-14(13)22(2,19)20/h3-9H,10-11H2,1-2H3,(H,16,18). The largest absolute Gasteiger partial charge is 0.468 e. The predicted molar refractivity (Wildman–Crippen MR) is 83.2 cm³/mol. The molecule has 2 aromatic rings. The maximum Gasteiger partial charge on any atom is 0.238 e. The van der Waals surface area contributed by atoms with Crippen LogP contribution in [-0.4, -0.2) is 39.1 Å². The van der Waals surface area contributed by atoms with Crippen LogP contribution in [0.2, 0.25) is 0 Å². The van der Waals surface area contributed by atoms with Crippen molar-refractivity contribution in [3.8, 4) is 0 Å². The van der Waals surface area contributed by atoms with Crippen molar-refractivity contribution in [3.63, 3.8) is 0 Å². The van der Waals surface area contributed by atoms with E-state index in [2.05, 4.69) is 5.32 Å². The van der Waals surface area contributed by atoms with Gasteiger partial charge in [0.25, 0.3) is 0 Å². The number of amides is 1. The second kappa shape index (κ2) is 6.76. The van der Waals surface area contributed by atoms with Gasteiger partial charge in [0, 0.05) is 6.26 Å². The quantitative estimate of drug-likeness (QED) is 0.876. The maximum atomic E-state index is 12.1. The predicted octanol–water partition coefficient (Wildman–Crippen LogP) is 1.75. The molecule has 0 fully saturated rings. The third kappa shape index (κ3) is 4.44. The van der Waals surface area contributed by atoms with E-state index in [1.54, 1.807) is 42.5 Å². The van der Waals surface area contributed by atoms with Gasteiger partial charge in [-0.1, -0.05) is 12.1 Å². The molecule has 2 rings (SSSR count). The molecule has 6 nitrogen and oxygen atoms in total. The van der Waals surface area contributed by atoms with Crippen LogP contribution in [0.5, 0.6) is 0 Å². The summed E-state index contributed by atoms with van der Waals surface area (Å²) >= 11 is 0. The maximum absolute atomic E-state index is 12.1. The Morgan fingerprint density at radius 3 is 2.59 bits per heavy atom. The molecule has 0 radical (unpaired) electrons. The summed E-state index contributed by atoms with van der Waals surface area (Å²) < 4.78 is 28.6. The minimum Gasteiger partial charge on any atom is -0.468 e. The van der Waals surface area contributed by atoms with Gasteiger partial charge < -0.3 is 9.73 Å². The SMILES string of the molecule is CN(CC(=O)Nc1ccccc1S(C)(=O)=O)Cc1ccco1. The molecule has 0 saturated heterocycles. The summed E-state index contributed by atoms with van der Waals surface area (Å²) in [4.78, 5) is 13.9. The van der Waals surface area contributed by atoms with Gasteiger partial charge in [-0.05, 0) is 31.3 Å². The lowest BCUT2D eigenvalue weighted by Crippen LogP contribution is -2.30. The van der Waals surface area contributed by atoms with Crippen LogP contribution in [-0.2, 0) is 21.2 Å². The van der Waals surface area contributed by atoms with Crippen molar-refractivity contribution in [2.45, 2.75) is 11.4 Å². The first-order chi connectivity index (χ1) is 10.4. The monoisotopic (exact) mass is 322 g/mol. The summed E-state index contributed by atoms with van der Waals surface area (Å²) in [6.45, 7) is 0.618. The number of hydrogen-bond donors (Lipinski definition) is 1. The van der Waals surface area contributed by atoms with Crippen LogP contribution in [0.15, 0.2) is 52.0 Å². The van der Waals surface area contributed by atoms with Crippen LogP contribution >= 0.6 is 0 Å². The average Bonchev–Trinajstić information content (AvgIpc) is 2.90. The molecule has 0 aliphatic carbocycles. The highest BCUT2D eigenvalue weighted by Gasteiger charge is 2.15. The van der Waals surface area contributed by atoms with E-state index in [4.69, 9.17) is 4.42 Å². The van der Waals surface area contributed by atoms with Gasteiger partial charge in [0.15, 0.2) is 9.84 Å². The van der Waals surface area contributed by atoms with Crippen LogP contribution in [0.25, 0.3) is 0 Å². The Balaban J connectivity index is 2.01. The molecule has 0 aliphatic heterocycles. The first kappa shape index (κ1) is 16.3. The highest BCUT2D eigenvalue weighted by molar-refractivity contribution is 7.90. The second-order valence-corrected chi connectivity index (χ2v) is 7.05. The van der Waals surface area contributed by atoms with Crippen molar-refractivity contribution in [1.82, 2.24) is 4.90 Å². The minimum atomic E-state index is -3.39. The zero-order valence-corrected chi connectivity index (χ0v) is 13.3. The van der Waals surface area contributed by atoms with Crippen LogP contribution in [0.4, 0.5) is 5.69 Å². The number of nitrogens with one attached hydrogen (secondary N) is 1. The lowest BCUT2D eigenvalue weighted by Gasteiger charge is -2.15. The van der Waals surface area contributed by atoms with E-state index < -0.39 is 9.84 Å². The van der Waals surface area contributed by atoms with E-state index in [-0.39, 0.29) is 17.3 Å². The first-order valence-corrected chi connectivity index (χ1v) is 8.55. The number of likely N-dealkylation sites (N-methyl/N-ethyl adjacent to an activating group) is 1. The molecule has 0 unspecified atom stereocenters. The van der Waals surface area contributed by atoms with Gasteiger partial charge in [0.2, 0.25) is 5.91 Å². The summed E-state index contributed by atoms with van der Waals surface area (Å²) in [5, 5.41) is 2.64. The third-order valence-corrected chi connectivity index (χ3v) is 4.13. The van der Waals surface area contributed by atoms with Gasteiger partial charge in [0.05, 0.1) is 29.9 Å². The lowest BCUT2D eigenvalue weighted by atomic mass is 10.3. The lowest BCUT2D eigenvalue weighted by molar-refractivity contribution is -0.117. The van der Waals surface area contributed by atoms with Crippen LogP contribution < -0.4 is 5.32 Å². The molecule has 1 N–H and O–H groups in total. The van der Waals surface area contributed by atoms with Gasteiger partial charge in [-0.25, -0.2) is 8.42 Å². The Labute approximate surface area is 129 Å². The van der Waals surface area contributed by atoms with Gasteiger partial charge in [-0.15, -0.1) is 0 Å². The summed E-state index contributed by atoms with van der Waals surface area (Å²) in [6.07, 6.45) is 2.69. The molecule has 1 heterocycles. The number of rotatable bonds is 6. The summed E-state index contributed by atoms with van der Waals surface area (Å²) in [5.41, 5.74) is 0.293. The van der Waals surface area contributed by atoms with Crippen molar-refractivity contribution >= 4 is 21.4 Å². The van der Waals surface area contributed by atoms with Crippen LogP contribution in [0.3, 0.4) is 0 Å². The van der Waals surface area contributed by atoms with E-state index in [0.29, 0.717) is 12.2 Å². The van der Waals surface area contributed by atoms with Gasteiger partial charge in [-0.3, -0.25) is 9.69 Å². The number of carbonyl (C=O) groups excluding carboxylic acids is 1. The van der Waals surface area contributed by atoms with E-state index in [1.807, 2.05) is 6.07 Å². The average molecular weight is 322 g/mol. The zero-order valence-electron chi connectivity index (χ0n) is 12.4. The Bertz CT molecular complexity index is 739. The number of anilines is 1. The summed E-state index contributed by atoms with van der Waals surface area (Å²) in [6, 6.07) is 9.95. The second-order valence-electron chi connectivity index (χ2n) is 5.07. The molecule has 1 aromatic heterocycles. The zero-order chi connectivity index (χ0) is 16.2. The number of furan rings is 1. The third-order valence-electron chi connectivity index (χ3n) is 2.98. The molecular formula is C15H18N2O4S. The highest BCUT2D eigenvalue weighted by Crippen LogP contribution is 2.20. The fourth-order valence-corrected chi connectivity index (χ4v) is 2.90. The molecule has 0 spiro atoms. The number of carbonyl (C=O) groups is 1. The molecule has 1 amide bonds. The normalized spacial score (nSPS) is 11.6. The molecule has 0 atom stereocenters. The number of benzene rings is 1. The van der Waals surface area contributed by atoms with Crippen LogP contribution in [0.1, 0.15) is 5.76 Å². The van der Waals surface area contributed by atoms with Crippen molar-refractivity contribution < 1.29 is 17.6 Å². The Morgan fingerprint density at radius 1 is 1.23 bits per heavy atom. The fourth-order valence-electron chi connectivity index (χ4n) is 2.05. The van der Waals surface area contributed by atoms with Crippen molar-refractivity contribution in [1.29, 1.82) is 0 Å². The Morgan fingerprint density at radius 2 is 1.95 bits per heavy atom. The fraction of sp³-hybridized carbons (Fsp3) is 0.267. The van der Waals surface area contributed by atoms with Gasteiger partial charge >= 0.3 is 0 Å². The molecule has 0 aliphatic rings. The van der Waals surface area contributed by atoms with Crippen molar-refractivity contribution in [3.05, 3.63) is 48.4 Å². The molecule has 1 aromatic carbocycles. The number of para-hydroxylation sites is 1. The van der Waals surface area contributed by atoms with Crippen molar-refractivity contribution in [2.75, 3.05) is 25.2 Å². The molecule has 118 valence electrons. The van der Waals surface area contributed by atoms with E-state index in [0.717, 1.165) is 12.0 Å². The van der Waals surface area contributed by atoms with E-state index in [1.165, 1.54) is 6.07 Å². The van der Waals surface area contributed by atoms with Gasteiger partial charge in [0.1, 0.15) is 5.76 Å². The van der Waals surface area contributed by atoms with E-state index in [9.17, 15) is 13.2 Å². The summed E-state index contributed by atoms with van der Waals surface area (Å²) in [7, 11) is -1.61. The number of sulfone groups is 1. The molecule has 22 heavy (non-hydrogen) atoms. The Hall–Kier alpha value is -2.12. The van der Waals surface area contributed by atoms with E-state index >= 15 is 0 Å².